The van der Waals surface area contributed by atoms with Crippen LogP contribution in [0.15, 0.2) is 0 Å². The van der Waals surface area contributed by atoms with Crippen molar-refractivity contribution in [2.45, 2.75) is 38.3 Å². The van der Waals surface area contributed by atoms with E-state index in [1.54, 1.807) is 0 Å². The molecule has 1 saturated heterocycles. The molecule has 0 spiro atoms. The Morgan fingerprint density at radius 2 is 1.79 bits per heavy atom. The first-order chi connectivity index (χ1) is 6.38. The normalized spacial score (nSPS) is 21.9. The molecule has 1 N–H and O–H groups in total. The van der Waals surface area contributed by atoms with E-state index >= 15 is 0 Å². The smallest absolute Gasteiger partial charge is 0.0718 e. The van der Waals surface area contributed by atoms with Crippen molar-refractivity contribution < 1.29 is 5.11 Å². The van der Waals surface area contributed by atoms with Crippen molar-refractivity contribution >= 4 is 0 Å². The van der Waals surface area contributed by atoms with Crippen LogP contribution in [0.25, 0.3) is 0 Å². The molecule has 0 saturated carbocycles. The van der Waals surface area contributed by atoms with E-state index in [1.807, 2.05) is 13.8 Å². The molecule has 1 fully saturated rings. The van der Waals surface area contributed by atoms with E-state index in [4.69, 9.17) is 0 Å². The molecule has 1 aliphatic heterocycles. The van der Waals surface area contributed by atoms with Gasteiger partial charge < -0.3 is 14.9 Å². The second kappa shape index (κ2) is 4.60. The molecule has 0 bridgehead atoms. The van der Waals surface area contributed by atoms with Gasteiger partial charge in [-0.15, -0.1) is 0 Å². The molecule has 1 heterocycles. The lowest BCUT2D eigenvalue weighted by atomic mass is 10.0. The zero-order valence-electron chi connectivity index (χ0n) is 9.95. The van der Waals surface area contributed by atoms with Crippen molar-refractivity contribution in [1.29, 1.82) is 0 Å². The van der Waals surface area contributed by atoms with E-state index in [-0.39, 0.29) is 0 Å². The van der Waals surface area contributed by atoms with Gasteiger partial charge in [0.15, 0.2) is 0 Å². The first kappa shape index (κ1) is 12.0. The summed E-state index contributed by atoms with van der Waals surface area (Å²) in [7, 11) is 4.30. The molecular weight excluding hydrogens is 176 g/mol. The fourth-order valence-electron chi connectivity index (χ4n) is 2.14. The SMILES string of the molecule is CN(C)C1CCN(CC(C)(C)O)CC1. The van der Waals surface area contributed by atoms with Gasteiger partial charge in [-0.05, 0) is 53.9 Å². The van der Waals surface area contributed by atoms with Gasteiger partial charge in [-0.25, -0.2) is 0 Å². The molecule has 3 heteroatoms. The van der Waals surface area contributed by atoms with Gasteiger partial charge >= 0.3 is 0 Å². The van der Waals surface area contributed by atoms with Crippen LogP contribution in [0, 0.1) is 0 Å². The number of likely N-dealkylation sites (tertiary alicyclic amines) is 1. The first-order valence-corrected chi connectivity index (χ1v) is 5.49. The van der Waals surface area contributed by atoms with Crippen LogP contribution in [0.1, 0.15) is 26.7 Å². The third kappa shape index (κ3) is 3.95. The summed E-state index contributed by atoms with van der Waals surface area (Å²) in [5.41, 5.74) is -0.551. The van der Waals surface area contributed by atoms with Gasteiger partial charge in [-0.3, -0.25) is 0 Å². The molecule has 0 radical (unpaired) electrons. The number of nitrogens with zero attached hydrogens (tertiary/aromatic N) is 2. The minimum atomic E-state index is -0.551. The lowest BCUT2D eigenvalue weighted by Crippen LogP contribution is -2.46. The molecule has 1 aliphatic rings. The summed E-state index contributed by atoms with van der Waals surface area (Å²) in [6, 6.07) is 0.730. The summed E-state index contributed by atoms with van der Waals surface area (Å²) in [6.45, 7) is 6.79. The van der Waals surface area contributed by atoms with E-state index < -0.39 is 5.60 Å². The van der Waals surface area contributed by atoms with E-state index in [0.717, 1.165) is 25.7 Å². The molecule has 0 aromatic rings. The van der Waals surface area contributed by atoms with Crippen LogP contribution in [0.4, 0.5) is 0 Å². The average Bonchev–Trinajstić information content (AvgIpc) is 2.02. The maximum absolute atomic E-state index is 9.69. The van der Waals surface area contributed by atoms with Gasteiger partial charge in [0, 0.05) is 12.6 Å². The zero-order valence-corrected chi connectivity index (χ0v) is 9.95. The Kier molecular flexibility index (Phi) is 3.93. The second-order valence-corrected chi connectivity index (χ2v) is 5.28. The van der Waals surface area contributed by atoms with Crippen molar-refractivity contribution in [3.63, 3.8) is 0 Å². The number of rotatable bonds is 3. The Balaban J connectivity index is 2.29. The predicted molar refractivity (Wildman–Crippen MR) is 59.4 cm³/mol. The van der Waals surface area contributed by atoms with Gasteiger partial charge in [0.25, 0.3) is 0 Å². The van der Waals surface area contributed by atoms with E-state index in [2.05, 4.69) is 23.9 Å². The van der Waals surface area contributed by atoms with Crippen LogP contribution >= 0.6 is 0 Å². The molecule has 14 heavy (non-hydrogen) atoms. The quantitative estimate of drug-likeness (QED) is 0.729. The molecule has 0 amide bonds. The number of piperidine rings is 1. The van der Waals surface area contributed by atoms with Gasteiger partial charge in [0.05, 0.1) is 5.60 Å². The summed E-state index contributed by atoms with van der Waals surface area (Å²) in [5.74, 6) is 0. The van der Waals surface area contributed by atoms with Gasteiger partial charge in [-0.2, -0.15) is 0 Å². The summed E-state index contributed by atoms with van der Waals surface area (Å²) < 4.78 is 0. The number of hydrogen-bond acceptors (Lipinski definition) is 3. The monoisotopic (exact) mass is 200 g/mol. The third-order valence-electron chi connectivity index (χ3n) is 2.90. The van der Waals surface area contributed by atoms with E-state index in [1.165, 1.54) is 12.8 Å². The fraction of sp³-hybridized carbons (Fsp3) is 1.00. The molecule has 0 atom stereocenters. The lowest BCUT2D eigenvalue weighted by molar-refractivity contribution is 0.0214. The molecule has 0 aliphatic carbocycles. The van der Waals surface area contributed by atoms with E-state index in [9.17, 15) is 5.11 Å². The second-order valence-electron chi connectivity index (χ2n) is 5.28. The van der Waals surface area contributed by atoms with Gasteiger partial charge in [-0.1, -0.05) is 0 Å². The number of β-amino-alcohol motifs (C(OH)–C–C–N with tert-alkyl or cyclic N) is 1. The molecule has 0 aromatic carbocycles. The summed E-state index contributed by atoms with van der Waals surface area (Å²) >= 11 is 0. The highest BCUT2D eigenvalue weighted by atomic mass is 16.3. The summed E-state index contributed by atoms with van der Waals surface area (Å²) in [5, 5.41) is 9.69. The fourth-order valence-corrected chi connectivity index (χ4v) is 2.14. The summed E-state index contributed by atoms with van der Waals surface area (Å²) in [6.07, 6.45) is 2.45. The third-order valence-corrected chi connectivity index (χ3v) is 2.90. The summed E-state index contributed by atoms with van der Waals surface area (Å²) in [4.78, 5) is 4.67. The lowest BCUT2D eigenvalue weighted by Gasteiger charge is -2.37. The number of aliphatic hydroxyl groups is 1. The highest BCUT2D eigenvalue weighted by molar-refractivity contribution is 4.80. The highest BCUT2D eigenvalue weighted by Crippen LogP contribution is 2.16. The van der Waals surface area contributed by atoms with Crippen molar-refractivity contribution in [3.8, 4) is 0 Å². The minimum Gasteiger partial charge on any atom is -0.389 e. The first-order valence-electron chi connectivity index (χ1n) is 5.49. The van der Waals surface area contributed by atoms with Crippen LogP contribution < -0.4 is 0 Å². The maximum Gasteiger partial charge on any atom is 0.0718 e. The average molecular weight is 200 g/mol. The molecule has 1 rings (SSSR count). The van der Waals surface area contributed by atoms with Crippen LogP contribution in [0.2, 0.25) is 0 Å². The zero-order chi connectivity index (χ0) is 10.8. The highest BCUT2D eigenvalue weighted by Gasteiger charge is 2.24. The molecule has 3 nitrogen and oxygen atoms in total. The van der Waals surface area contributed by atoms with Gasteiger partial charge in [0.1, 0.15) is 0 Å². The predicted octanol–water partition coefficient (Wildman–Crippen LogP) is 0.783. The topological polar surface area (TPSA) is 26.7 Å². The van der Waals surface area contributed by atoms with Crippen LogP contribution in [-0.2, 0) is 0 Å². The molecular formula is C11H24N2O. The van der Waals surface area contributed by atoms with Crippen LogP contribution in [-0.4, -0.2) is 60.3 Å². The minimum absolute atomic E-state index is 0.551. The van der Waals surface area contributed by atoms with Crippen molar-refractivity contribution in [2.24, 2.45) is 0 Å². The van der Waals surface area contributed by atoms with E-state index in [0.29, 0.717) is 0 Å². The Morgan fingerprint density at radius 1 is 1.29 bits per heavy atom. The molecule has 0 unspecified atom stereocenters. The Morgan fingerprint density at radius 3 is 2.14 bits per heavy atom. The molecule has 84 valence electrons. The van der Waals surface area contributed by atoms with Crippen molar-refractivity contribution in [2.75, 3.05) is 33.7 Å². The Labute approximate surface area is 87.7 Å². The largest absolute Gasteiger partial charge is 0.389 e. The van der Waals surface area contributed by atoms with Crippen LogP contribution in [0.5, 0.6) is 0 Å². The standard InChI is InChI=1S/C11H24N2O/c1-11(2,14)9-13-7-5-10(6-8-13)12(3)4/h10,14H,5-9H2,1-4H3. The van der Waals surface area contributed by atoms with Gasteiger partial charge in [0.2, 0.25) is 0 Å². The Hall–Kier alpha value is -0.120. The van der Waals surface area contributed by atoms with Crippen molar-refractivity contribution in [1.82, 2.24) is 9.80 Å². The van der Waals surface area contributed by atoms with Crippen molar-refractivity contribution in [3.05, 3.63) is 0 Å². The van der Waals surface area contributed by atoms with Crippen LogP contribution in [0.3, 0.4) is 0 Å². The molecule has 0 aromatic heterocycles. The maximum atomic E-state index is 9.69. The Bertz CT molecular complexity index is 167. The number of hydrogen-bond donors (Lipinski definition) is 1.